The fourth-order valence-corrected chi connectivity index (χ4v) is 1.80. The maximum atomic E-state index is 12.3. The number of amidine groups is 1. The van der Waals surface area contributed by atoms with Crippen LogP contribution in [0.2, 0.25) is 0 Å². The molecule has 0 spiro atoms. The third-order valence-corrected chi connectivity index (χ3v) is 2.89. The number of carbonyl (C=O) groups is 1. The number of oxime groups is 1. The topological polar surface area (TPSA) is 91.4 Å². The van der Waals surface area contributed by atoms with Gasteiger partial charge in [-0.15, -0.1) is 0 Å². The fraction of sp³-hybridized carbons (Fsp3) is 0.818. The van der Waals surface area contributed by atoms with Crippen LogP contribution in [0.25, 0.3) is 0 Å². The Kier molecular flexibility index (Phi) is 5.70. The standard InChI is InChI=1S/C11H22N4O3/c1-9(2)15(4-3-10(12)13-17)11(16)14-5-7-18-8-6-14/h9,17H,3-8H2,1-2H3,(H2,12,13). The summed E-state index contributed by atoms with van der Waals surface area (Å²) in [6.07, 6.45) is 0.366. The van der Waals surface area contributed by atoms with Crippen LogP contribution in [0.5, 0.6) is 0 Å². The minimum atomic E-state index is -0.0148. The molecule has 1 fully saturated rings. The molecule has 0 aromatic rings. The van der Waals surface area contributed by atoms with Crippen molar-refractivity contribution >= 4 is 11.9 Å². The van der Waals surface area contributed by atoms with Gasteiger partial charge in [-0.1, -0.05) is 5.16 Å². The lowest BCUT2D eigenvalue weighted by molar-refractivity contribution is 0.0408. The Morgan fingerprint density at radius 3 is 2.61 bits per heavy atom. The number of nitrogens with two attached hydrogens (primary N) is 1. The van der Waals surface area contributed by atoms with E-state index in [1.165, 1.54) is 0 Å². The highest BCUT2D eigenvalue weighted by Gasteiger charge is 2.24. The molecule has 0 bridgehead atoms. The second-order valence-corrected chi connectivity index (χ2v) is 4.51. The quantitative estimate of drug-likeness (QED) is 0.328. The molecule has 1 saturated heterocycles. The van der Waals surface area contributed by atoms with E-state index in [1.807, 2.05) is 13.8 Å². The van der Waals surface area contributed by atoms with Crippen molar-refractivity contribution in [2.75, 3.05) is 32.8 Å². The number of hydrogen-bond acceptors (Lipinski definition) is 4. The van der Waals surface area contributed by atoms with Gasteiger partial charge in [-0.05, 0) is 13.8 Å². The minimum Gasteiger partial charge on any atom is -0.409 e. The summed E-state index contributed by atoms with van der Waals surface area (Å²) in [5, 5.41) is 11.4. The number of ether oxygens (including phenoxy) is 1. The van der Waals surface area contributed by atoms with E-state index in [0.29, 0.717) is 39.3 Å². The molecule has 1 rings (SSSR count). The van der Waals surface area contributed by atoms with E-state index < -0.39 is 0 Å². The number of rotatable bonds is 4. The summed E-state index contributed by atoms with van der Waals surface area (Å²) in [6.45, 7) is 6.74. The van der Waals surface area contributed by atoms with E-state index in [4.69, 9.17) is 15.7 Å². The molecular formula is C11H22N4O3. The predicted octanol–water partition coefficient (Wildman–Crippen LogP) is 0.286. The number of nitrogens with zero attached hydrogens (tertiary/aromatic N) is 3. The SMILES string of the molecule is CC(C)N(CCC(N)=NO)C(=O)N1CCOCC1. The van der Waals surface area contributed by atoms with Crippen LogP contribution >= 0.6 is 0 Å². The Balaban J connectivity index is 2.57. The monoisotopic (exact) mass is 258 g/mol. The molecular weight excluding hydrogens is 236 g/mol. The average molecular weight is 258 g/mol. The van der Waals surface area contributed by atoms with E-state index in [9.17, 15) is 4.79 Å². The summed E-state index contributed by atoms with van der Waals surface area (Å²) in [7, 11) is 0. The number of urea groups is 1. The van der Waals surface area contributed by atoms with E-state index in [-0.39, 0.29) is 17.9 Å². The van der Waals surface area contributed by atoms with E-state index in [1.54, 1.807) is 9.80 Å². The van der Waals surface area contributed by atoms with Crippen molar-refractivity contribution in [2.24, 2.45) is 10.9 Å². The zero-order chi connectivity index (χ0) is 13.5. The molecule has 0 saturated carbocycles. The lowest BCUT2D eigenvalue weighted by atomic mass is 10.3. The van der Waals surface area contributed by atoms with Crippen LogP contribution in [-0.2, 0) is 4.74 Å². The Labute approximate surface area is 107 Å². The smallest absolute Gasteiger partial charge is 0.320 e. The highest BCUT2D eigenvalue weighted by Crippen LogP contribution is 2.08. The van der Waals surface area contributed by atoms with Crippen molar-refractivity contribution in [3.05, 3.63) is 0 Å². The Hall–Kier alpha value is -1.50. The van der Waals surface area contributed by atoms with Crippen molar-refractivity contribution in [1.82, 2.24) is 9.80 Å². The first-order chi connectivity index (χ1) is 8.56. The molecule has 2 amide bonds. The van der Waals surface area contributed by atoms with Gasteiger partial charge in [0.05, 0.1) is 13.2 Å². The van der Waals surface area contributed by atoms with Crippen molar-refractivity contribution < 1.29 is 14.7 Å². The van der Waals surface area contributed by atoms with Gasteiger partial charge in [-0.25, -0.2) is 4.79 Å². The first kappa shape index (κ1) is 14.6. The molecule has 1 heterocycles. The van der Waals surface area contributed by atoms with Crippen molar-refractivity contribution in [3.8, 4) is 0 Å². The van der Waals surface area contributed by atoms with Crippen molar-refractivity contribution in [3.63, 3.8) is 0 Å². The normalized spacial score (nSPS) is 17.1. The molecule has 7 heteroatoms. The minimum absolute atomic E-state index is 0.0148. The Morgan fingerprint density at radius 2 is 2.11 bits per heavy atom. The van der Waals surface area contributed by atoms with Crippen LogP contribution in [0.15, 0.2) is 5.16 Å². The number of amides is 2. The molecule has 0 atom stereocenters. The summed E-state index contributed by atoms with van der Waals surface area (Å²) in [5.41, 5.74) is 5.43. The van der Waals surface area contributed by atoms with Gasteiger partial charge in [0, 0.05) is 32.1 Å². The van der Waals surface area contributed by atoms with Crippen molar-refractivity contribution in [1.29, 1.82) is 0 Å². The highest BCUT2D eigenvalue weighted by molar-refractivity contribution is 5.81. The molecule has 0 aromatic heterocycles. The third-order valence-electron chi connectivity index (χ3n) is 2.89. The van der Waals surface area contributed by atoms with Gasteiger partial charge >= 0.3 is 6.03 Å². The molecule has 0 aliphatic carbocycles. The number of hydrogen-bond donors (Lipinski definition) is 2. The lowest BCUT2D eigenvalue weighted by Gasteiger charge is -2.35. The summed E-state index contributed by atoms with van der Waals surface area (Å²) in [5.74, 6) is 0.135. The highest BCUT2D eigenvalue weighted by atomic mass is 16.5. The number of morpholine rings is 1. The van der Waals surface area contributed by atoms with Gasteiger partial charge in [0.2, 0.25) is 0 Å². The molecule has 104 valence electrons. The van der Waals surface area contributed by atoms with Gasteiger partial charge in [0.1, 0.15) is 5.84 Å². The second-order valence-electron chi connectivity index (χ2n) is 4.51. The van der Waals surface area contributed by atoms with Crippen LogP contribution in [-0.4, -0.2) is 65.8 Å². The second kappa shape index (κ2) is 7.05. The van der Waals surface area contributed by atoms with Crippen LogP contribution in [0.4, 0.5) is 4.79 Å². The lowest BCUT2D eigenvalue weighted by Crippen LogP contribution is -2.51. The molecule has 0 aromatic carbocycles. The largest absolute Gasteiger partial charge is 0.409 e. The molecule has 7 nitrogen and oxygen atoms in total. The van der Waals surface area contributed by atoms with Gasteiger partial charge in [0.15, 0.2) is 0 Å². The van der Waals surface area contributed by atoms with Crippen LogP contribution in [0.1, 0.15) is 20.3 Å². The van der Waals surface area contributed by atoms with Gasteiger partial charge < -0.3 is 25.5 Å². The van der Waals surface area contributed by atoms with Crippen LogP contribution in [0, 0.1) is 0 Å². The first-order valence-corrected chi connectivity index (χ1v) is 6.16. The van der Waals surface area contributed by atoms with Crippen LogP contribution in [0.3, 0.4) is 0 Å². The number of carbonyl (C=O) groups excluding carboxylic acids is 1. The van der Waals surface area contributed by atoms with E-state index >= 15 is 0 Å². The Bertz CT molecular complexity index is 301. The van der Waals surface area contributed by atoms with E-state index in [2.05, 4.69) is 5.16 Å². The van der Waals surface area contributed by atoms with Gasteiger partial charge in [-0.3, -0.25) is 0 Å². The zero-order valence-corrected chi connectivity index (χ0v) is 11.0. The first-order valence-electron chi connectivity index (χ1n) is 6.16. The average Bonchev–Trinajstić information content (AvgIpc) is 2.39. The van der Waals surface area contributed by atoms with Gasteiger partial charge in [-0.2, -0.15) is 0 Å². The summed E-state index contributed by atoms with van der Waals surface area (Å²) >= 11 is 0. The molecule has 3 N–H and O–H groups in total. The van der Waals surface area contributed by atoms with Crippen LogP contribution < -0.4 is 5.73 Å². The molecule has 0 unspecified atom stereocenters. The Morgan fingerprint density at radius 1 is 1.50 bits per heavy atom. The van der Waals surface area contributed by atoms with Crippen molar-refractivity contribution in [2.45, 2.75) is 26.3 Å². The maximum Gasteiger partial charge on any atom is 0.320 e. The maximum absolute atomic E-state index is 12.3. The fourth-order valence-electron chi connectivity index (χ4n) is 1.80. The van der Waals surface area contributed by atoms with E-state index in [0.717, 1.165) is 0 Å². The predicted molar refractivity (Wildman–Crippen MR) is 67.7 cm³/mol. The summed E-state index contributed by atoms with van der Waals surface area (Å²) in [6, 6.07) is 0.0610. The summed E-state index contributed by atoms with van der Waals surface area (Å²) in [4.78, 5) is 15.8. The molecule has 0 radical (unpaired) electrons. The summed E-state index contributed by atoms with van der Waals surface area (Å²) < 4.78 is 5.22. The zero-order valence-electron chi connectivity index (χ0n) is 11.0. The molecule has 18 heavy (non-hydrogen) atoms. The molecule has 1 aliphatic heterocycles. The third kappa shape index (κ3) is 4.06. The van der Waals surface area contributed by atoms with Gasteiger partial charge in [0.25, 0.3) is 0 Å². The molecule has 1 aliphatic rings.